The zero-order valence-corrected chi connectivity index (χ0v) is 35.1. The van der Waals surface area contributed by atoms with Crippen molar-refractivity contribution in [2.45, 2.75) is 257 Å². The lowest BCUT2D eigenvalue weighted by atomic mass is 10.0. The summed E-state index contributed by atoms with van der Waals surface area (Å²) in [6.07, 6.45) is 58.4. The van der Waals surface area contributed by atoms with Gasteiger partial charge in [0.05, 0.1) is 18.8 Å². The number of carbonyl (C=O) groups is 1. The van der Waals surface area contributed by atoms with Gasteiger partial charge in [-0.1, -0.05) is 217 Å². The molecule has 0 aliphatic heterocycles. The maximum Gasteiger partial charge on any atom is 0.220 e. The highest BCUT2D eigenvalue weighted by atomic mass is 16.3. The molecule has 0 aliphatic carbocycles. The first kappa shape index (κ1) is 50.6. The minimum atomic E-state index is -0.859. The number of nitrogens with one attached hydrogen (secondary N) is 1. The topological polar surface area (TPSA) is 69.6 Å². The third-order valence-electron chi connectivity index (χ3n) is 10.6. The molecular formula is C48H91NO3. The highest BCUT2D eigenvalue weighted by Gasteiger charge is 2.17. The molecule has 2 unspecified atom stereocenters. The minimum absolute atomic E-state index is 0.0726. The molecule has 0 heterocycles. The molecule has 0 aromatic carbocycles. The van der Waals surface area contributed by atoms with E-state index in [-0.39, 0.29) is 12.5 Å². The fourth-order valence-corrected chi connectivity index (χ4v) is 7.01. The molecule has 3 N–H and O–H groups in total. The van der Waals surface area contributed by atoms with Crippen LogP contribution in [0.1, 0.15) is 245 Å². The van der Waals surface area contributed by atoms with Gasteiger partial charge in [-0.05, 0) is 57.8 Å². The zero-order valence-electron chi connectivity index (χ0n) is 35.1. The number of hydrogen-bond donors (Lipinski definition) is 3. The molecule has 2 atom stereocenters. The smallest absolute Gasteiger partial charge is 0.220 e. The van der Waals surface area contributed by atoms with Crippen molar-refractivity contribution >= 4 is 5.91 Å². The lowest BCUT2D eigenvalue weighted by Gasteiger charge is -2.19. The molecule has 4 nitrogen and oxygen atoms in total. The van der Waals surface area contributed by atoms with Gasteiger partial charge in [0.2, 0.25) is 5.91 Å². The van der Waals surface area contributed by atoms with E-state index in [1.807, 2.05) is 6.08 Å². The van der Waals surface area contributed by atoms with Crippen LogP contribution < -0.4 is 5.32 Å². The summed E-state index contributed by atoms with van der Waals surface area (Å²) in [7, 11) is 0. The summed E-state index contributed by atoms with van der Waals surface area (Å²) in [5.74, 6) is -0.0726. The van der Waals surface area contributed by atoms with Crippen molar-refractivity contribution in [2.75, 3.05) is 6.61 Å². The predicted octanol–water partition coefficient (Wildman–Crippen LogP) is 14.6. The molecule has 0 radical (unpaired) electrons. The van der Waals surface area contributed by atoms with Gasteiger partial charge in [0.1, 0.15) is 0 Å². The Morgan fingerprint density at radius 2 is 0.750 bits per heavy atom. The van der Waals surface area contributed by atoms with Gasteiger partial charge in [0.15, 0.2) is 0 Å². The van der Waals surface area contributed by atoms with E-state index in [0.717, 1.165) is 32.1 Å². The Hall–Kier alpha value is -1.39. The lowest BCUT2D eigenvalue weighted by Crippen LogP contribution is -2.45. The van der Waals surface area contributed by atoms with E-state index in [1.165, 1.54) is 193 Å². The number of unbranched alkanes of at least 4 members (excludes halogenated alkanes) is 31. The van der Waals surface area contributed by atoms with Gasteiger partial charge in [-0.25, -0.2) is 0 Å². The van der Waals surface area contributed by atoms with Gasteiger partial charge in [-0.2, -0.15) is 0 Å². The number of aliphatic hydroxyl groups excluding tert-OH is 2. The zero-order chi connectivity index (χ0) is 37.8. The molecule has 52 heavy (non-hydrogen) atoms. The second-order valence-electron chi connectivity index (χ2n) is 15.8. The highest BCUT2D eigenvalue weighted by molar-refractivity contribution is 5.76. The van der Waals surface area contributed by atoms with Crippen LogP contribution in [0.5, 0.6) is 0 Å². The number of carbonyl (C=O) groups excluding carboxylic acids is 1. The van der Waals surface area contributed by atoms with E-state index in [2.05, 4.69) is 43.5 Å². The van der Waals surface area contributed by atoms with E-state index in [9.17, 15) is 15.0 Å². The maximum absolute atomic E-state index is 12.4. The summed E-state index contributed by atoms with van der Waals surface area (Å²) in [6, 6.07) is -0.636. The Balaban J connectivity index is 3.50. The van der Waals surface area contributed by atoms with E-state index < -0.39 is 12.1 Å². The highest BCUT2D eigenvalue weighted by Crippen LogP contribution is 2.15. The van der Waals surface area contributed by atoms with Crippen molar-refractivity contribution in [3.05, 3.63) is 36.5 Å². The van der Waals surface area contributed by atoms with Crippen LogP contribution in [-0.4, -0.2) is 34.9 Å². The minimum Gasteiger partial charge on any atom is -0.394 e. The number of allylic oxidation sites excluding steroid dienone is 5. The summed E-state index contributed by atoms with van der Waals surface area (Å²) < 4.78 is 0. The van der Waals surface area contributed by atoms with Crippen molar-refractivity contribution < 1.29 is 15.0 Å². The van der Waals surface area contributed by atoms with Gasteiger partial charge in [0.25, 0.3) is 0 Å². The molecule has 0 bridgehead atoms. The SMILES string of the molecule is CCCCCCCCC/C=C/CC/C=C/C(O)C(CO)NC(=O)CCCCCCCCCCCCCCCCC/C=C\CCCCCCCCCC. The quantitative estimate of drug-likeness (QED) is 0.0433. The molecule has 4 heteroatoms. The van der Waals surface area contributed by atoms with Crippen LogP contribution in [0, 0.1) is 0 Å². The number of amides is 1. The molecule has 306 valence electrons. The third-order valence-corrected chi connectivity index (χ3v) is 10.6. The molecular weight excluding hydrogens is 639 g/mol. The molecule has 0 saturated carbocycles. The number of rotatable bonds is 42. The summed E-state index contributed by atoms with van der Waals surface area (Å²) in [4.78, 5) is 12.4. The van der Waals surface area contributed by atoms with Gasteiger partial charge < -0.3 is 15.5 Å². The second kappa shape index (κ2) is 44.0. The molecule has 0 spiro atoms. The van der Waals surface area contributed by atoms with E-state index >= 15 is 0 Å². The first-order valence-corrected chi connectivity index (χ1v) is 23.2. The number of aliphatic hydroxyl groups is 2. The molecule has 0 aromatic heterocycles. The fourth-order valence-electron chi connectivity index (χ4n) is 7.01. The summed E-state index contributed by atoms with van der Waals surface area (Å²) >= 11 is 0. The maximum atomic E-state index is 12.4. The number of hydrogen-bond acceptors (Lipinski definition) is 3. The van der Waals surface area contributed by atoms with Crippen LogP contribution in [0.4, 0.5) is 0 Å². The molecule has 1 amide bonds. The summed E-state index contributed by atoms with van der Waals surface area (Å²) in [5.41, 5.74) is 0. The molecule has 0 saturated heterocycles. The Labute approximate surface area is 325 Å². The van der Waals surface area contributed by atoms with Gasteiger partial charge in [-0.15, -0.1) is 0 Å². The van der Waals surface area contributed by atoms with Crippen LogP contribution in [0.15, 0.2) is 36.5 Å². The Morgan fingerprint density at radius 1 is 0.442 bits per heavy atom. The average molecular weight is 730 g/mol. The van der Waals surface area contributed by atoms with E-state index in [4.69, 9.17) is 0 Å². The first-order valence-electron chi connectivity index (χ1n) is 23.2. The standard InChI is InChI=1S/C48H91NO3/c1-3-5-7-9-11-13-15-17-18-19-20-21-22-23-24-25-26-27-28-29-30-32-34-36-38-40-42-44-48(52)49-46(45-50)47(51)43-41-39-37-35-33-31-16-14-12-10-8-6-4-2/h19-20,33,35,41,43,46-47,50-51H,3-18,21-32,34,36-40,42,44-45H2,1-2H3,(H,49,52)/b20-19-,35-33+,43-41+. The normalized spacial score (nSPS) is 13.2. The molecule has 0 fully saturated rings. The Kier molecular flexibility index (Phi) is 42.8. The van der Waals surface area contributed by atoms with Crippen molar-refractivity contribution in [2.24, 2.45) is 0 Å². The predicted molar refractivity (Wildman–Crippen MR) is 230 cm³/mol. The third kappa shape index (κ3) is 39.8. The van der Waals surface area contributed by atoms with Crippen LogP contribution in [0.2, 0.25) is 0 Å². The summed E-state index contributed by atoms with van der Waals surface area (Å²) in [5, 5.41) is 23.0. The molecule has 0 aliphatic rings. The molecule has 0 aromatic rings. The Bertz CT molecular complexity index is 790. The second-order valence-corrected chi connectivity index (χ2v) is 15.8. The van der Waals surface area contributed by atoms with Crippen molar-refractivity contribution in [3.63, 3.8) is 0 Å². The molecule has 0 rings (SSSR count). The van der Waals surface area contributed by atoms with Crippen LogP contribution >= 0.6 is 0 Å². The van der Waals surface area contributed by atoms with Crippen molar-refractivity contribution in [1.29, 1.82) is 0 Å². The van der Waals surface area contributed by atoms with Crippen LogP contribution in [0.25, 0.3) is 0 Å². The van der Waals surface area contributed by atoms with E-state index in [0.29, 0.717) is 6.42 Å². The van der Waals surface area contributed by atoms with Crippen molar-refractivity contribution in [3.8, 4) is 0 Å². The Morgan fingerprint density at radius 3 is 1.12 bits per heavy atom. The van der Waals surface area contributed by atoms with Crippen LogP contribution in [0.3, 0.4) is 0 Å². The van der Waals surface area contributed by atoms with Crippen molar-refractivity contribution in [1.82, 2.24) is 5.32 Å². The first-order chi connectivity index (χ1) is 25.7. The lowest BCUT2D eigenvalue weighted by molar-refractivity contribution is -0.123. The van der Waals surface area contributed by atoms with E-state index in [1.54, 1.807) is 6.08 Å². The monoisotopic (exact) mass is 730 g/mol. The van der Waals surface area contributed by atoms with Gasteiger partial charge in [-0.3, -0.25) is 4.79 Å². The fraction of sp³-hybridized carbons (Fsp3) is 0.854. The summed E-state index contributed by atoms with van der Waals surface area (Å²) in [6.45, 7) is 4.29. The van der Waals surface area contributed by atoms with Gasteiger partial charge >= 0.3 is 0 Å². The van der Waals surface area contributed by atoms with Gasteiger partial charge in [0, 0.05) is 6.42 Å². The largest absolute Gasteiger partial charge is 0.394 e. The average Bonchev–Trinajstić information content (AvgIpc) is 3.15. The van der Waals surface area contributed by atoms with Crippen LogP contribution in [-0.2, 0) is 4.79 Å².